The maximum absolute atomic E-state index is 12.5. The first-order valence-electron chi connectivity index (χ1n) is 10.0. The van der Waals surface area contributed by atoms with Crippen LogP contribution in [0.5, 0.6) is 5.75 Å². The maximum atomic E-state index is 12.5. The molecule has 6 nitrogen and oxygen atoms in total. The summed E-state index contributed by atoms with van der Waals surface area (Å²) in [4.78, 5) is 36.5. The van der Waals surface area contributed by atoms with Gasteiger partial charge in [0, 0.05) is 23.3 Å². The number of carbonyl (C=O) groups is 3. The van der Waals surface area contributed by atoms with Crippen LogP contribution in [0.15, 0.2) is 66.7 Å². The Hall–Kier alpha value is -3.12. The Bertz CT molecular complexity index is 1000. The number of rotatable bonds is 7. The third-order valence-corrected chi connectivity index (χ3v) is 5.74. The van der Waals surface area contributed by atoms with Crippen molar-refractivity contribution in [3.63, 3.8) is 0 Å². The summed E-state index contributed by atoms with van der Waals surface area (Å²) in [6.07, 6.45) is 2.99. The zero-order valence-corrected chi connectivity index (χ0v) is 17.4. The van der Waals surface area contributed by atoms with E-state index in [2.05, 4.69) is 0 Å². The molecular formula is C24H21ClO6. The fourth-order valence-electron chi connectivity index (χ4n) is 4.05. The fraction of sp³-hybridized carbons (Fsp3) is 0.292. The largest absolute Gasteiger partial charge is 0.485 e. The minimum Gasteiger partial charge on any atom is -0.485 e. The summed E-state index contributed by atoms with van der Waals surface area (Å²) in [5.41, 5.74) is 0.449. The summed E-state index contributed by atoms with van der Waals surface area (Å²) in [7, 11) is 0. The van der Waals surface area contributed by atoms with Gasteiger partial charge in [0.25, 0.3) is 0 Å². The molecule has 0 N–H and O–H groups in total. The quantitative estimate of drug-likeness (QED) is 0.478. The lowest BCUT2D eigenvalue weighted by atomic mass is 9.91. The number of ether oxygens (including phenoxy) is 3. The predicted molar refractivity (Wildman–Crippen MR) is 113 cm³/mol. The van der Waals surface area contributed by atoms with Crippen LogP contribution in [-0.4, -0.2) is 36.5 Å². The molecule has 0 bridgehead atoms. The van der Waals surface area contributed by atoms with Crippen LogP contribution in [0.1, 0.15) is 23.2 Å². The van der Waals surface area contributed by atoms with E-state index in [1.165, 1.54) is 6.08 Å². The van der Waals surface area contributed by atoms with Crippen molar-refractivity contribution in [3.8, 4) is 5.75 Å². The topological polar surface area (TPSA) is 78.9 Å². The number of benzene rings is 2. The SMILES string of the molecule is O=C(C=CC1C(OC(=O)c2ccccc2)CC2OC(=O)CC21)COc1cccc(Cl)c1. The van der Waals surface area contributed by atoms with E-state index in [9.17, 15) is 14.4 Å². The van der Waals surface area contributed by atoms with Crippen molar-refractivity contribution in [1.82, 2.24) is 0 Å². The van der Waals surface area contributed by atoms with Gasteiger partial charge in [0.2, 0.25) is 0 Å². The second-order valence-corrected chi connectivity index (χ2v) is 8.03. The number of halogens is 1. The molecule has 4 atom stereocenters. The van der Waals surface area contributed by atoms with Crippen LogP contribution in [0.4, 0.5) is 0 Å². The molecule has 1 aliphatic carbocycles. The van der Waals surface area contributed by atoms with E-state index >= 15 is 0 Å². The van der Waals surface area contributed by atoms with Gasteiger partial charge in [-0.15, -0.1) is 0 Å². The Morgan fingerprint density at radius 2 is 1.94 bits per heavy atom. The molecule has 0 amide bonds. The van der Waals surface area contributed by atoms with Gasteiger partial charge in [-0.05, 0) is 36.4 Å². The lowest BCUT2D eigenvalue weighted by molar-refractivity contribution is -0.141. The molecule has 0 spiro atoms. The van der Waals surface area contributed by atoms with Gasteiger partial charge in [0.15, 0.2) is 12.4 Å². The van der Waals surface area contributed by atoms with Crippen LogP contribution in [0.2, 0.25) is 5.02 Å². The molecule has 1 heterocycles. The molecule has 0 aromatic heterocycles. The van der Waals surface area contributed by atoms with Crippen molar-refractivity contribution < 1.29 is 28.6 Å². The molecule has 1 saturated carbocycles. The zero-order chi connectivity index (χ0) is 21.8. The smallest absolute Gasteiger partial charge is 0.338 e. The Labute approximate surface area is 184 Å². The summed E-state index contributed by atoms with van der Waals surface area (Å²) >= 11 is 5.91. The second kappa shape index (κ2) is 9.35. The lowest BCUT2D eigenvalue weighted by Gasteiger charge is -2.20. The van der Waals surface area contributed by atoms with Crippen LogP contribution < -0.4 is 4.74 Å². The first-order valence-corrected chi connectivity index (χ1v) is 10.4. The molecule has 1 saturated heterocycles. The first-order chi connectivity index (χ1) is 15.0. The number of hydrogen-bond acceptors (Lipinski definition) is 6. The Morgan fingerprint density at radius 1 is 1.13 bits per heavy atom. The standard InChI is InChI=1S/C24H21ClO6/c25-16-7-4-8-18(11-16)29-14-17(26)9-10-19-20-12-23(27)30-22(20)13-21(19)31-24(28)15-5-2-1-3-6-15/h1-11,19-22H,12-14H2. The third-order valence-electron chi connectivity index (χ3n) is 5.50. The number of hydrogen-bond donors (Lipinski definition) is 0. The van der Waals surface area contributed by atoms with E-state index in [4.69, 9.17) is 25.8 Å². The second-order valence-electron chi connectivity index (χ2n) is 7.59. The molecule has 7 heteroatoms. The van der Waals surface area contributed by atoms with Crippen molar-refractivity contribution in [1.29, 1.82) is 0 Å². The number of carbonyl (C=O) groups excluding carboxylic acids is 3. The van der Waals surface area contributed by atoms with E-state index in [0.717, 1.165) is 0 Å². The number of esters is 2. The zero-order valence-electron chi connectivity index (χ0n) is 16.6. The molecule has 31 heavy (non-hydrogen) atoms. The average Bonchev–Trinajstić information content (AvgIpc) is 3.27. The van der Waals surface area contributed by atoms with Crippen LogP contribution >= 0.6 is 11.6 Å². The van der Waals surface area contributed by atoms with Crippen molar-refractivity contribution in [2.45, 2.75) is 25.0 Å². The van der Waals surface area contributed by atoms with Gasteiger partial charge in [-0.2, -0.15) is 0 Å². The van der Waals surface area contributed by atoms with Gasteiger partial charge in [0.05, 0.1) is 12.0 Å². The minimum atomic E-state index is -0.478. The normalized spacial score (nSPS) is 24.6. The predicted octanol–water partition coefficient (Wildman–Crippen LogP) is 4.02. The molecule has 2 aliphatic rings. The van der Waals surface area contributed by atoms with Crippen LogP contribution in [-0.2, 0) is 19.1 Å². The van der Waals surface area contributed by atoms with Gasteiger partial charge in [-0.25, -0.2) is 4.79 Å². The van der Waals surface area contributed by atoms with E-state index in [-0.39, 0.29) is 42.7 Å². The highest BCUT2D eigenvalue weighted by atomic mass is 35.5. The fourth-order valence-corrected chi connectivity index (χ4v) is 4.23. The highest BCUT2D eigenvalue weighted by Gasteiger charge is 2.50. The molecule has 4 rings (SSSR count). The molecule has 160 valence electrons. The molecule has 0 radical (unpaired) electrons. The van der Waals surface area contributed by atoms with Gasteiger partial charge in [0.1, 0.15) is 18.0 Å². The van der Waals surface area contributed by atoms with E-state index < -0.39 is 12.1 Å². The summed E-state index contributed by atoms with van der Waals surface area (Å²) < 4.78 is 16.6. The molecule has 2 aromatic carbocycles. The van der Waals surface area contributed by atoms with E-state index in [1.54, 1.807) is 54.6 Å². The van der Waals surface area contributed by atoms with Crippen LogP contribution in [0, 0.1) is 11.8 Å². The molecular weight excluding hydrogens is 420 g/mol. The monoisotopic (exact) mass is 440 g/mol. The summed E-state index contributed by atoms with van der Waals surface area (Å²) in [5.74, 6) is -0.873. The summed E-state index contributed by atoms with van der Waals surface area (Å²) in [6.45, 7) is -0.151. The molecule has 2 fully saturated rings. The molecule has 4 unspecified atom stereocenters. The van der Waals surface area contributed by atoms with Crippen molar-refractivity contribution in [2.75, 3.05) is 6.61 Å². The van der Waals surface area contributed by atoms with Crippen molar-refractivity contribution in [2.24, 2.45) is 11.8 Å². The van der Waals surface area contributed by atoms with Gasteiger partial charge < -0.3 is 14.2 Å². The minimum absolute atomic E-state index is 0.126. The van der Waals surface area contributed by atoms with Crippen LogP contribution in [0.3, 0.4) is 0 Å². The van der Waals surface area contributed by atoms with Gasteiger partial charge in [-0.3, -0.25) is 9.59 Å². The van der Waals surface area contributed by atoms with Crippen molar-refractivity contribution in [3.05, 3.63) is 77.3 Å². The van der Waals surface area contributed by atoms with Gasteiger partial charge in [-0.1, -0.05) is 41.9 Å². The van der Waals surface area contributed by atoms with Gasteiger partial charge >= 0.3 is 11.9 Å². The summed E-state index contributed by atoms with van der Waals surface area (Å²) in [5, 5.41) is 0.520. The first kappa shape index (κ1) is 21.1. The Kier molecular flexibility index (Phi) is 6.37. The maximum Gasteiger partial charge on any atom is 0.338 e. The highest BCUT2D eigenvalue weighted by Crippen LogP contribution is 2.43. The summed E-state index contributed by atoms with van der Waals surface area (Å²) in [6, 6.07) is 15.5. The van der Waals surface area contributed by atoms with E-state index in [1.807, 2.05) is 6.07 Å². The highest BCUT2D eigenvalue weighted by molar-refractivity contribution is 6.30. The van der Waals surface area contributed by atoms with Crippen molar-refractivity contribution >= 4 is 29.3 Å². The number of ketones is 1. The van der Waals surface area contributed by atoms with E-state index in [0.29, 0.717) is 22.8 Å². The number of fused-ring (bicyclic) bond motifs is 1. The van der Waals surface area contributed by atoms with Crippen LogP contribution in [0.25, 0.3) is 0 Å². The Balaban J connectivity index is 1.41. The molecule has 1 aliphatic heterocycles. The Morgan fingerprint density at radius 3 is 2.71 bits per heavy atom. The third kappa shape index (κ3) is 5.14. The lowest BCUT2D eigenvalue weighted by Crippen LogP contribution is -2.25. The average molecular weight is 441 g/mol. The molecule has 2 aromatic rings.